The fraction of sp³-hybridized carbons (Fsp3) is 0.308. The van der Waals surface area contributed by atoms with E-state index < -0.39 is 0 Å². The Morgan fingerprint density at radius 2 is 1.92 bits per heavy atom. The van der Waals surface area contributed by atoms with Gasteiger partial charge in [-0.15, -0.1) is 11.8 Å². The van der Waals surface area contributed by atoms with Crippen molar-refractivity contribution in [2.45, 2.75) is 16.0 Å². The molecule has 1 aromatic heterocycles. The normalized spacial score (nSPS) is 20.7. The fourth-order valence-electron chi connectivity index (χ4n) is 5.47. The van der Waals surface area contributed by atoms with Gasteiger partial charge in [0.2, 0.25) is 0 Å². The molecule has 4 heterocycles. The molecule has 0 bridgehead atoms. The van der Waals surface area contributed by atoms with Gasteiger partial charge in [0.1, 0.15) is 0 Å². The average molecular weight is 554 g/mol. The second kappa shape index (κ2) is 9.43. The number of thiazole rings is 1. The number of urea groups is 1. The molecule has 1 fully saturated rings. The van der Waals surface area contributed by atoms with E-state index in [2.05, 4.69) is 22.2 Å². The molecule has 8 nitrogen and oxygen atoms in total. The van der Waals surface area contributed by atoms with Crippen molar-refractivity contribution in [1.29, 1.82) is 0 Å². The second-order valence-electron chi connectivity index (χ2n) is 9.59. The predicted octanol–water partition coefficient (Wildman–Crippen LogP) is 4.81. The molecule has 2 aromatic carbocycles. The number of fused-ring (bicyclic) bond motifs is 3. The third-order valence-electron chi connectivity index (χ3n) is 7.21. The van der Waals surface area contributed by atoms with E-state index in [4.69, 9.17) is 11.6 Å². The first kappa shape index (κ1) is 24.4. The lowest BCUT2D eigenvalue weighted by Crippen LogP contribution is -2.40. The van der Waals surface area contributed by atoms with E-state index in [1.54, 1.807) is 35.4 Å². The number of hydrogen-bond acceptors (Lipinski definition) is 7. The monoisotopic (exact) mass is 553 g/mol. The number of anilines is 2. The van der Waals surface area contributed by atoms with Gasteiger partial charge < -0.3 is 4.90 Å². The van der Waals surface area contributed by atoms with Crippen LogP contribution in [0.4, 0.5) is 15.6 Å². The van der Waals surface area contributed by atoms with Gasteiger partial charge in [-0.25, -0.2) is 9.78 Å². The van der Waals surface area contributed by atoms with Crippen molar-refractivity contribution in [2.75, 3.05) is 49.2 Å². The maximum atomic E-state index is 13.3. The minimum atomic E-state index is -0.253. The number of imide groups is 1. The average Bonchev–Trinajstić information content (AvgIpc) is 3.63. The van der Waals surface area contributed by atoms with E-state index in [0.29, 0.717) is 40.1 Å². The van der Waals surface area contributed by atoms with Crippen LogP contribution >= 0.6 is 34.7 Å². The number of amides is 4. The van der Waals surface area contributed by atoms with E-state index in [9.17, 15) is 14.4 Å². The zero-order valence-corrected chi connectivity index (χ0v) is 22.5. The second-order valence-corrected chi connectivity index (χ2v) is 12.4. The van der Waals surface area contributed by atoms with Gasteiger partial charge in [0, 0.05) is 41.5 Å². The smallest absolute Gasteiger partial charge is 0.305 e. The molecule has 0 saturated carbocycles. The molecule has 0 aliphatic carbocycles. The van der Waals surface area contributed by atoms with Crippen molar-refractivity contribution in [3.8, 4) is 0 Å². The molecule has 11 heteroatoms. The van der Waals surface area contributed by atoms with Gasteiger partial charge in [-0.3, -0.25) is 24.7 Å². The highest BCUT2D eigenvalue weighted by Gasteiger charge is 2.48. The van der Waals surface area contributed by atoms with Crippen molar-refractivity contribution in [3.05, 3.63) is 70.4 Å². The molecule has 1 atom stereocenters. The van der Waals surface area contributed by atoms with Crippen LogP contribution in [0.3, 0.4) is 0 Å². The highest BCUT2D eigenvalue weighted by atomic mass is 35.5. The Hall–Kier alpha value is -2.92. The van der Waals surface area contributed by atoms with Gasteiger partial charge in [0.05, 0.1) is 21.5 Å². The lowest BCUT2D eigenvalue weighted by Gasteiger charge is -2.25. The largest absolute Gasteiger partial charge is 0.328 e. The molecule has 190 valence electrons. The number of thioether (sulfide) groups is 1. The zero-order chi connectivity index (χ0) is 25.7. The number of likely N-dealkylation sites (N-methyl/N-ethyl adjacent to an activating group) is 1. The molecule has 6 rings (SSSR count). The molecule has 1 saturated heterocycles. The maximum absolute atomic E-state index is 13.3. The van der Waals surface area contributed by atoms with Crippen LogP contribution in [0, 0.1) is 0 Å². The van der Waals surface area contributed by atoms with Crippen LogP contribution in [0.2, 0.25) is 5.02 Å². The quantitative estimate of drug-likeness (QED) is 0.360. The van der Waals surface area contributed by atoms with Crippen LogP contribution in [0.5, 0.6) is 0 Å². The minimum absolute atomic E-state index is 0.111. The Kier molecular flexibility index (Phi) is 6.22. The topological polar surface area (TPSA) is 85.8 Å². The van der Waals surface area contributed by atoms with Gasteiger partial charge in [0.25, 0.3) is 11.8 Å². The van der Waals surface area contributed by atoms with Gasteiger partial charge >= 0.3 is 6.03 Å². The molecule has 1 N–H and O–H groups in total. The highest BCUT2D eigenvalue weighted by molar-refractivity contribution is 8.01. The van der Waals surface area contributed by atoms with Crippen LogP contribution in [0.1, 0.15) is 32.7 Å². The van der Waals surface area contributed by atoms with Gasteiger partial charge in [-0.05, 0) is 55.9 Å². The van der Waals surface area contributed by atoms with E-state index in [1.807, 2.05) is 18.2 Å². The summed E-state index contributed by atoms with van der Waals surface area (Å²) in [6.07, 6.45) is 2.68. The minimum Gasteiger partial charge on any atom is -0.305 e. The van der Waals surface area contributed by atoms with Crippen LogP contribution in [-0.2, 0) is 5.41 Å². The summed E-state index contributed by atoms with van der Waals surface area (Å²) in [4.78, 5) is 48.1. The third-order valence-corrected chi connectivity index (χ3v) is 9.53. The summed E-state index contributed by atoms with van der Waals surface area (Å²) in [5.74, 6) is 0.0332. The molecular weight excluding hydrogens is 530 g/mol. The van der Waals surface area contributed by atoms with Crippen LogP contribution < -0.4 is 10.2 Å². The molecule has 1 unspecified atom stereocenters. The number of rotatable bonds is 5. The van der Waals surface area contributed by atoms with Crippen LogP contribution in [-0.4, -0.2) is 71.6 Å². The first-order valence-electron chi connectivity index (χ1n) is 12.0. The number of aromatic nitrogens is 1. The fourth-order valence-corrected chi connectivity index (χ4v) is 7.51. The zero-order valence-electron chi connectivity index (χ0n) is 20.1. The van der Waals surface area contributed by atoms with E-state index >= 15 is 0 Å². The van der Waals surface area contributed by atoms with E-state index in [1.165, 1.54) is 28.0 Å². The van der Waals surface area contributed by atoms with E-state index in [-0.39, 0.29) is 23.3 Å². The van der Waals surface area contributed by atoms with Crippen LogP contribution in [0.25, 0.3) is 0 Å². The summed E-state index contributed by atoms with van der Waals surface area (Å²) >= 11 is 9.20. The summed E-state index contributed by atoms with van der Waals surface area (Å²) in [7, 11) is 2.10. The summed E-state index contributed by atoms with van der Waals surface area (Å²) in [6.45, 7) is 2.77. The molecule has 1 spiro atoms. The summed E-state index contributed by atoms with van der Waals surface area (Å²) in [5.41, 5.74) is 2.82. The Labute approximate surface area is 227 Å². The number of hydrogen-bond donors (Lipinski definition) is 1. The molecule has 37 heavy (non-hydrogen) atoms. The molecule has 4 amide bonds. The molecule has 0 radical (unpaired) electrons. The van der Waals surface area contributed by atoms with Crippen molar-refractivity contribution >= 4 is 63.4 Å². The highest BCUT2D eigenvalue weighted by Crippen LogP contribution is 2.47. The predicted molar refractivity (Wildman–Crippen MR) is 146 cm³/mol. The Balaban J connectivity index is 1.09. The lowest BCUT2D eigenvalue weighted by atomic mass is 9.81. The van der Waals surface area contributed by atoms with Crippen molar-refractivity contribution in [2.24, 2.45) is 0 Å². The Morgan fingerprint density at radius 1 is 1.16 bits per heavy atom. The van der Waals surface area contributed by atoms with Gasteiger partial charge in [-0.2, -0.15) is 0 Å². The van der Waals surface area contributed by atoms with Gasteiger partial charge in [0.15, 0.2) is 5.13 Å². The molecule has 3 aromatic rings. The molecule has 3 aliphatic rings. The number of benzene rings is 2. The summed E-state index contributed by atoms with van der Waals surface area (Å²) in [6, 6.07) is 12.4. The first-order valence-corrected chi connectivity index (χ1v) is 14.1. The third kappa shape index (κ3) is 4.31. The molecular formula is C26H24ClN5O3S2. The maximum Gasteiger partial charge on any atom is 0.328 e. The van der Waals surface area contributed by atoms with Crippen molar-refractivity contribution in [3.63, 3.8) is 0 Å². The van der Waals surface area contributed by atoms with Crippen molar-refractivity contribution < 1.29 is 14.4 Å². The summed E-state index contributed by atoms with van der Waals surface area (Å²) < 4.78 is 0.898. The molecule has 3 aliphatic heterocycles. The number of carbonyl (C=O) groups excluding carboxylic acids is 3. The van der Waals surface area contributed by atoms with E-state index in [0.717, 1.165) is 35.0 Å². The summed E-state index contributed by atoms with van der Waals surface area (Å²) in [5, 5.41) is 4.14. The number of likely N-dealkylation sites (tertiary alicyclic amines) is 1. The number of nitrogens with one attached hydrogen (secondary N) is 1. The SMILES string of the molecule is CN1CCC2(C1)CN(C(=O)Nc1ncc(SCCN3C(=O)c4ccccc4C3=O)s1)c1ccc(Cl)cc12. The van der Waals surface area contributed by atoms with Crippen LogP contribution in [0.15, 0.2) is 52.9 Å². The first-order chi connectivity index (χ1) is 17.8. The Bertz CT molecular complexity index is 1390. The van der Waals surface area contributed by atoms with Crippen molar-refractivity contribution in [1.82, 2.24) is 14.8 Å². The van der Waals surface area contributed by atoms with Gasteiger partial charge in [-0.1, -0.05) is 35.1 Å². The number of halogens is 1. The lowest BCUT2D eigenvalue weighted by molar-refractivity contribution is 0.0664. The number of carbonyl (C=O) groups is 3. The Morgan fingerprint density at radius 3 is 2.62 bits per heavy atom. The standard InChI is InChI=1S/C26H24ClN5O3S2/c1-30-9-8-26(14-30)15-32(20-7-6-16(27)12-19(20)26)25(35)29-24-28-13-21(37-24)36-11-10-31-22(33)17-4-2-3-5-18(17)23(31)34/h2-7,12-13H,8-11,14-15H2,1H3,(H,28,29,35). The number of nitrogens with zero attached hydrogens (tertiary/aromatic N) is 4.